The van der Waals surface area contributed by atoms with E-state index in [1.54, 1.807) is 6.92 Å². The Balaban J connectivity index is 1.47. The number of nitro benzene ring substituents is 2. The normalized spacial score (nSPS) is 15.4. The lowest BCUT2D eigenvalue weighted by Gasteiger charge is -2.32. The Morgan fingerprint density at radius 1 is 0.864 bits per heavy atom. The molecule has 0 bridgehead atoms. The molecule has 4 aromatic rings. The van der Waals surface area contributed by atoms with E-state index < -0.39 is 34.0 Å². The molecule has 0 aliphatic carbocycles. The maximum absolute atomic E-state index is 13.2. The molecule has 0 N–H and O–H groups in total. The summed E-state index contributed by atoms with van der Waals surface area (Å²) < 4.78 is 19.4. The van der Waals surface area contributed by atoms with Crippen LogP contribution < -0.4 is 4.74 Å². The lowest BCUT2D eigenvalue weighted by molar-refractivity contribution is -0.385. The van der Waals surface area contributed by atoms with Gasteiger partial charge >= 0.3 is 11.9 Å². The Morgan fingerprint density at radius 3 is 1.93 bits per heavy atom. The van der Waals surface area contributed by atoms with E-state index in [2.05, 4.69) is 0 Å². The molecule has 44 heavy (non-hydrogen) atoms. The molecule has 3 aromatic carbocycles. The molecule has 5 rings (SSSR count). The highest BCUT2D eigenvalue weighted by Gasteiger charge is 2.40. The Morgan fingerprint density at radius 2 is 1.41 bits per heavy atom. The van der Waals surface area contributed by atoms with Crippen molar-refractivity contribution in [3.63, 3.8) is 0 Å². The van der Waals surface area contributed by atoms with Crippen LogP contribution in [-0.4, -0.2) is 51.0 Å². The van der Waals surface area contributed by atoms with Gasteiger partial charge in [0.2, 0.25) is 0 Å². The quantitative estimate of drug-likeness (QED) is 0.108. The van der Waals surface area contributed by atoms with Gasteiger partial charge in [-0.05, 0) is 50.2 Å². The second-order valence-corrected chi connectivity index (χ2v) is 9.97. The molecular formula is C31H25N3O10. The van der Waals surface area contributed by atoms with Crippen LogP contribution in [0.4, 0.5) is 11.4 Å². The lowest BCUT2D eigenvalue weighted by Crippen LogP contribution is -2.44. The minimum Gasteiger partial charge on any atom is -0.480 e. The van der Waals surface area contributed by atoms with E-state index in [1.807, 2.05) is 34.9 Å². The van der Waals surface area contributed by atoms with E-state index in [0.717, 1.165) is 5.69 Å². The highest BCUT2D eigenvalue weighted by molar-refractivity contribution is 5.99. The second kappa shape index (κ2) is 12.2. The van der Waals surface area contributed by atoms with Crippen molar-refractivity contribution in [3.05, 3.63) is 127 Å². The van der Waals surface area contributed by atoms with Gasteiger partial charge in [-0.25, -0.2) is 9.59 Å². The molecule has 1 aliphatic rings. The largest absolute Gasteiger partial charge is 0.480 e. The van der Waals surface area contributed by atoms with Crippen molar-refractivity contribution in [3.8, 4) is 11.4 Å². The average Bonchev–Trinajstić information content (AvgIpc) is 3.30. The molecule has 0 unspecified atom stereocenters. The van der Waals surface area contributed by atoms with E-state index in [-0.39, 0.29) is 47.1 Å². The Hall–Kier alpha value is -5.85. The van der Waals surface area contributed by atoms with Gasteiger partial charge in [-0.3, -0.25) is 25.0 Å². The van der Waals surface area contributed by atoms with Gasteiger partial charge in [0, 0.05) is 42.1 Å². The summed E-state index contributed by atoms with van der Waals surface area (Å²) in [6, 6.07) is 19.0. The standard InChI is InChI=1S/C31H25N3O10/c1-18-28(19(2)35)29-25(32(18)22-6-4-3-5-7-22)16-26(44-31(37)21-10-14-24(15-11-21)34(40)41)27(43-29)17-42-30(36)20-8-12-23(13-9-20)33(38)39/h3-15,26-27H,16-17H2,1-2H3/t26-,27+/m0/s1. The SMILES string of the molecule is CC(=O)c1c2c(n(-c3ccccc3)c1C)C[C@H](OC(=O)c1ccc([N+](=O)[O-])cc1)[C@@H](COC(=O)c1ccc([N+](=O)[O-])cc1)O2. The summed E-state index contributed by atoms with van der Waals surface area (Å²) in [6.07, 6.45) is -1.97. The summed E-state index contributed by atoms with van der Waals surface area (Å²) in [6.45, 7) is 2.79. The fourth-order valence-electron chi connectivity index (χ4n) is 5.07. The van der Waals surface area contributed by atoms with Crippen molar-refractivity contribution < 1.29 is 38.4 Å². The van der Waals surface area contributed by atoms with Crippen LogP contribution in [0.5, 0.6) is 5.75 Å². The first kappa shape index (κ1) is 29.6. The van der Waals surface area contributed by atoms with E-state index >= 15 is 0 Å². The fourth-order valence-corrected chi connectivity index (χ4v) is 5.07. The maximum Gasteiger partial charge on any atom is 0.338 e. The van der Waals surface area contributed by atoms with Gasteiger partial charge in [-0.1, -0.05) is 18.2 Å². The van der Waals surface area contributed by atoms with Crippen molar-refractivity contribution in [2.24, 2.45) is 0 Å². The third kappa shape index (κ3) is 5.88. The molecule has 0 spiro atoms. The summed E-state index contributed by atoms with van der Waals surface area (Å²) in [5.41, 5.74) is 1.98. The Kier molecular flexibility index (Phi) is 8.20. The molecule has 224 valence electrons. The predicted octanol–water partition coefficient (Wildman–Crippen LogP) is 5.19. The number of aromatic nitrogens is 1. The summed E-state index contributed by atoms with van der Waals surface area (Å²) in [7, 11) is 0. The van der Waals surface area contributed by atoms with Crippen molar-refractivity contribution in [1.82, 2.24) is 4.57 Å². The molecule has 1 aliphatic heterocycles. The van der Waals surface area contributed by atoms with Crippen LogP contribution in [0.15, 0.2) is 78.9 Å². The lowest BCUT2D eigenvalue weighted by atomic mass is 10.0. The van der Waals surface area contributed by atoms with Gasteiger partial charge in [0.05, 0.1) is 32.2 Å². The molecule has 0 saturated heterocycles. The number of non-ortho nitro benzene ring substituents is 2. The summed E-state index contributed by atoms with van der Waals surface area (Å²) in [5, 5.41) is 22.0. The third-order valence-corrected chi connectivity index (χ3v) is 7.17. The van der Waals surface area contributed by atoms with Crippen molar-refractivity contribution in [1.29, 1.82) is 0 Å². The minimum absolute atomic E-state index is 0.0574. The number of carbonyl (C=O) groups is 3. The number of fused-ring (bicyclic) bond motifs is 1. The first-order valence-corrected chi connectivity index (χ1v) is 13.4. The number of benzene rings is 3. The van der Waals surface area contributed by atoms with E-state index in [0.29, 0.717) is 17.0 Å². The van der Waals surface area contributed by atoms with E-state index in [4.69, 9.17) is 14.2 Å². The first-order chi connectivity index (χ1) is 21.0. The monoisotopic (exact) mass is 599 g/mol. The number of ketones is 1. The van der Waals surface area contributed by atoms with Gasteiger partial charge in [0.25, 0.3) is 11.4 Å². The van der Waals surface area contributed by atoms with Crippen LogP contribution in [0.3, 0.4) is 0 Å². The number of para-hydroxylation sites is 1. The molecule has 1 aromatic heterocycles. The molecule has 2 atom stereocenters. The van der Waals surface area contributed by atoms with Gasteiger partial charge in [-0.2, -0.15) is 0 Å². The molecule has 0 radical (unpaired) electrons. The van der Waals surface area contributed by atoms with Gasteiger partial charge < -0.3 is 18.8 Å². The summed E-state index contributed by atoms with van der Waals surface area (Å²) >= 11 is 0. The number of nitro groups is 2. The molecule has 13 nitrogen and oxygen atoms in total. The second-order valence-electron chi connectivity index (χ2n) is 9.97. The predicted molar refractivity (Wildman–Crippen MR) is 154 cm³/mol. The third-order valence-electron chi connectivity index (χ3n) is 7.17. The van der Waals surface area contributed by atoms with Crippen molar-refractivity contribution in [2.45, 2.75) is 32.5 Å². The topological polar surface area (TPSA) is 170 Å². The smallest absolute Gasteiger partial charge is 0.338 e. The molecule has 13 heteroatoms. The number of hydrogen-bond donors (Lipinski definition) is 0. The first-order valence-electron chi connectivity index (χ1n) is 13.4. The van der Waals surface area contributed by atoms with Crippen LogP contribution in [-0.2, 0) is 15.9 Å². The van der Waals surface area contributed by atoms with Crippen LogP contribution in [0.1, 0.15) is 49.4 Å². The molecule has 0 saturated carbocycles. The number of ether oxygens (including phenoxy) is 3. The Bertz CT molecular complexity index is 1760. The van der Waals surface area contributed by atoms with Crippen LogP contribution in [0.25, 0.3) is 5.69 Å². The van der Waals surface area contributed by atoms with Gasteiger partial charge in [0.15, 0.2) is 17.6 Å². The fraction of sp³-hybridized carbons (Fsp3) is 0.194. The number of rotatable bonds is 9. The van der Waals surface area contributed by atoms with E-state index in [1.165, 1.54) is 55.5 Å². The van der Waals surface area contributed by atoms with Crippen molar-refractivity contribution in [2.75, 3.05) is 6.61 Å². The molecule has 2 heterocycles. The minimum atomic E-state index is -1.05. The zero-order valence-corrected chi connectivity index (χ0v) is 23.5. The zero-order chi connectivity index (χ0) is 31.5. The van der Waals surface area contributed by atoms with Crippen molar-refractivity contribution >= 4 is 29.1 Å². The summed E-state index contributed by atoms with van der Waals surface area (Å²) in [4.78, 5) is 59.5. The molecule has 0 fully saturated rings. The number of nitrogens with zero attached hydrogens (tertiary/aromatic N) is 3. The zero-order valence-electron chi connectivity index (χ0n) is 23.5. The van der Waals surface area contributed by atoms with Crippen LogP contribution in [0, 0.1) is 27.2 Å². The maximum atomic E-state index is 13.2. The van der Waals surface area contributed by atoms with Gasteiger partial charge in [0.1, 0.15) is 12.7 Å². The molecule has 0 amide bonds. The number of hydrogen-bond acceptors (Lipinski definition) is 10. The summed E-state index contributed by atoms with van der Waals surface area (Å²) in [5.74, 6) is -1.56. The van der Waals surface area contributed by atoms with Gasteiger partial charge in [-0.15, -0.1) is 0 Å². The molecular weight excluding hydrogens is 574 g/mol. The highest BCUT2D eigenvalue weighted by Crippen LogP contribution is 2.39. The van der Waals surface area contributed by atoms with E-state index in [9.17, 15) is 34.6 Å². The Labute approximate surface area is 249 Å². The number of esters is 2. The number of Topliss-reactive ketones (excluding diaryl/α,β-unsaturated/α-hetero) is 1. The van der Waals surface area contributed by atoms with Crippen LogP contribution >= 0.6 is 0 Å². The van der Waals surface area contributed by atoms with Crippen LogP contribution in [0.2, 0.25) is 0 Å². The average molecular weight is 600 g/mol. The highest BCUT2D eigenvalue weighted by atomic mass is 16.6. The number of carbonyl (C=O) groups excluding carboxylic acids is 3.